The molecule has 4 unspecified atom stereocenters. The molecule has 1 aromatic heterocycles. The van der Waals surface area contributed by atoms with Crippen LogP contribution in [0.4, 0.5) is 0 Å². The number of hydrogen-bond donors (Lipinski definition) is 1. The van der Waals surface area contributed by atoms with Crippen LogP contribution in [0.2, 0.25) is 0 Å². The first-order chi connectivity index (χ1) is 9.11. The van der Waals surface area contributed by atoms with Gasteiger partial charge in [0.25, 0.3) is 0 Å². The van der Waals surface area contributed by atoms with E-state index in [1.165, 1.54) is 0 Å². The first kappa shape index (κ1) is 15.2. The molecule has 2 heterocycles. The van der Waals surface area contributed by atoms with Gasteiger partial charge in [0, 0.05) is 22.2 Å². The SMILES string of the molecule is CC(CCCN)c1nc(C2CSC(C)C(C)S2)no1. The molecule has 4 nitrogen and oxygen atoms in total. The van der Waals surface area contributed by atoms with Crippen LogP contribution in [0, 0.1) is 0 Å². The highest BCUT2D eigenvalue weighted by atomic mass is 32.2. The molecular weight excluding hydrogens is 278 g/mol. The maximum absolute atomic E-state index is 5.53. The van der Waals surface area contributed by atoms with Gasteiger partial charge in [-0.2, -0.15) is 16.7 Å². The molecule has 4 atom stereocenters. The van der Waals surface area contributed by atoms with Crippen molar-refractivity contribution in [1.82, 2.24) is 10.1 Å². The summed E-state index contributed by atoms with van der Waals surface area (Å²) >= 11 is 3.97. The first-order valence-electron chi connectivity index (χ1n) is 6.92. The summed E-state index contributed by atoms with van der Waals surface area (Å²) in [5, 5.41) is 5.89. The highest BCUT2D eigenvalue weighted by molar-refractivity contribution is 8.07. The van der Waals surface area contributed by atoms with Gasteiger partial charge in [0.1, 0.15) is 0 Å². The van der Waals surface area contributed by atoms with Gasteiger partial charge in [-0.3, -0.25) is 0 Å². The maximum Gasteiger partial charge on any atom is 0.229 e. The van der Waals surface area contributed by atoms with Gasteiger partial charge in [0.05, 0.1) is 5.25 Å². The molecule has 0 bridgehead atoms. The lowest BCUT2D eigenvalue weighted by Gasteiger charge is -2.29. The van der Waals surface area contributed by atoms with Crippen molar-refractivity contribution in [3.05, 3.63) is 11.7 Å². The molecular formula is C13H23N3OS2. The number of rotatable bonds is 5. The van der Waals surface area contributed by atoms with Crippen molar-refractivity contribution >= 4 is 23.5 Å². The molecule has 1 aromatic rings. The fourth-order valence-electron chi connectivity index (χ4n) is 2.04. The lowest BCUT2D eigenvalue weighted by Crippen LogP contribution is -2.22. The number of nitrogens with two attached hydrogens (primary N) is 1. The van der Waals surface area contributed by atoms with E-state index in [0.29, 0.717) is 21.7 Å². The molecule has 2 rings (SSSR count). The van der Waals surface area contributed by atoms with Crippen LogP contribution in [-0.2, 0) is 0 Å². The zero-order chi connectivity index (χ0) is 13.8. The molecule has 2 N–H and O–H groups in total. The summed E-state index contributed by atoms with van der Waals surface area (Å²) in [7, 11) is 0. The monoisotopic (exact) mass is 301 g/mol. The van der Waals surface area contributed by atoms with E-state index in [4.69, 9.17) is 10.3 Å². The molecule has 1 saturated heterocycles. The van der Waals surface area contributed by atoms with Gasteiger partial charge in [0.2, 0.25) is 5.89 Å². The zero-order valence-corrected chi connectivity index (χ0v) is 13.5. The molecule has 0 amide bonds. The summed E-state index contributed by atoms with van der Waals surface area (Å²) < 4.78 is 5.41. The molecule has 0 spiro atoms. The third-order valence-electron chi connectivity index (χ3n) is 3.56. The van der Waals surface area contributed by atoms with Gasteiger partial charge in [-0.05, 0) is 19.4 Å². The van der Waals surface area contributed by atoms with E-state index in [9.17, 15) is 0 Å². The second-order valence-electron chi connectivity index (χ2n) is 5.19. The van der Waals surface area contributed by atoms with E-state index < -0.39 is 0 Å². The lowest BCUT2D eigenvalue weighted by molar-refractivity contribution is 0.348. The van der Waals surface area contributed by atoms with Gasteiger partial charge in [-0.15, -0.1) is 11.8 Å². The smallest absolute Gasteiger partial charge is 0.229 e. The molecule has 1 aliphatic heterocycles. The van der Waals surface area contributed by atoms with Gasteiger partial charge in [0.15, 0.2) is 5.82 Å². The molecule has 0 saturated carbocycles. The minimum atomic E-state index is 0.308. The Morgan fingerprint density at radius 1 is 1.42 bits per heavy atom. The van der Waals surface area contributed by atoms with Crippen molar-refractivity contribution in [2.24, 2.45) is 5.73 Å². The molecule has 19 heavy (non-hydrogen) atoms. The van der Waals surface area contributed by atoms with Crippen molar-refractivity contribution in [3.63, 3.8) is 0 Å². The number of thioether (sulfide) groups is 2. The largest absolute Gasteiger partial charge is 0.339 e. The Bertz CT molecular complexity index is 399. The van der Waals surface area contributed by atoms with Crippen LogP contribution in [0.1, 0.15) is 56.5 Å². The average Bonchev–Trinajstić information content (AvgIpc) is 2.89. The van der Waals surface area contributed by atoms with Gasteiger partial charge < -0.3 is 10.3 Å². The minimum Gasteiger partial charge on any atom is -0.339 e. The van der Waals surface area contributed by atoms with Crippen LogP contribution in [0.3, 0.4) is 0 Å². The van der Waals surface area contributed by atoms with Crippen LogP contribution in [-0.4, -0.2) is 32.9 Å². The standard InChI is InChI=1S/C13H23N3OS2/c1-8(5-4-6-14)13-15-12(16-17-13)11-7-18-9(2)10(3)19-11/h8-11H,4-7,14H2,1-3H3. The topological polar surface area (TPSA) is 64.9 Å². The van der Waals surface area contributed by atoms with E-state index in [0.717, 1.165) is 36.9 Å². The summed E-state index contributed by atoms with van der Waals surface area (Å²) in [6, 6.07) is 0. The van der Waals surface area contributed by atoms with Crippen LogP contribution in [0.25, 0.3) is 0 Å². The van der Waals surface area contributed by atoms with E-state index in [2.05, 4.69) is 30.9 Å². The van der Waals surface area contributed by atoms with Crippen molar-refractivity contribution in [2.75, 3.05) is 12.3 Å². The summed E-state index contributed by atoms with van der Waals surface area (Å²) in [6.45, 7) is 7.41. The lowest BCUT2D eigenvalue weighted by atomic mass is 10.1. The Morgan fingerprint density at radius 2 is 2.21 bits per heavy atom. The number of hydrogen-bond acceptors (Lipinski definition) is 6. The summed E-state index contributed by atoms with van der Waals surface area (Å²) in [5.74, 6) is 3.01. The molecule has 1 fully saturated rings. The summed E-state index contributed by atoms with van der Waals surface area (Å²) in [4.78, 5) is 4.59. The highest BCUT2D eigenvalue weighted by Gasteiger charge is 2.30. The van der Waals surface area contributed by atoms with Gasteiger partial charge in [-0.25, -0.2) is 0 Å². The maximum atomic E-state index is 5.53. The third-order valence-corrected chi connectivity index (χ3v) is 6.95. The van der Waals surface area contributed by atoms with Crippen molar-refractivity contribution in [2.45, 2.75) is 55.3 Å². The van der Waals surface area contributed by atoms with Gasteiger partial charge in [-0.1, -0.05) is 25.9 Å². The highest BCUT2D eigenvalue weighted by Crippen LogP contribution is 2.43. The second kappa shape index (κ2) is 6.99. The van der Waals surface area contributed by atoms with E-state index in [-0.39, 0.29) is 0 Å². The predicted molar refractivity (Wildman–Crippen MR) is 82.7 cm³/mol. The fourth-order valence-corrected chi connectivity index (χ4v) is 4.88. The van der Waals surface area contributed by atoms with E-state index in [1.54, 1.807) is 0 Å². The average molecular weight is 301 g/mol. The molecule has 6 heteroatoms. The Kier molecular flexibility index (Phi) is 5.59. The summed E-state index contributed by atoms with van der Waals surface area (Å²) in [6.07, 6.45) is 2.01. The number of nitrogens with zero attached hydrogens (tertiary/aromatic N) is 2. The predicted octanol–water partition coefficient (Wildman–Crippen LogP) is 3.21. The Labute approximate surface area is 123 Å². The van der Waals surface area contributed by atoms with E-state index in [1.807, 2.05) is 23.5 Å². The van der Waals surface area contributed by atoms with Crippen LogP contribution >= 0.6 is 23.5 Å². The van der Waals surface area contributed by atoms with Crippen molar-refractivity contribution in [1.29, 1.82) is 0 Å². The third kappa shape index (κ3) is 3.89. The molecule has 108 valence electrons. The molecule has 0 aliphatic carbocycles. The Hall–Kier alpha value is -0.200. The fraction of sp³-hybridized carbons (Fsp3) is 0.846. The summed E-state index contributed by atoms with van der Waals surface area (Å²) in [5.41, 5.74) is 5.53. The quantitative estimate of drug-likeness (QED) is 0.901. The minimum absolute atomic E-state index is 0.308. The van der Waals surface area contributed by atoms with Crippen LogP contribution < -0.4 is 5.73 Å². The Morgan fingerprint density at radius 3 is 2.89 bits per heavy atom. The van der Waals surface area contributed by atoms with E-state index >= 15 is 0 Å². The Balaban J connectivity index is 1.97. The normalized spacial score (nSPS) is 29.4. The molecule has 0 radical (unpaired) electrons. The second-order valence-corrected chi connectivity index (χ2v) is 8.19. The van der Waals surface area contributed by atoms with Crippen LogP contribution in [0.5, 0.6) is 0 Å². The van der Waals surface area contributed by atoms with Crippen LogP contribution in [0.15, 0.2) is 4.52 Å². The zero-order valence-electron chi connectivity index (χ0n) is 11.8. The molecule has 0 aromatic carbocycles. The van der Waals surface area contributed by atoms with Crippen molar-refractivity contribution < 1.29 is 4.52 Å². The van der Waals surface area contributed by atoms with Gasteiger partial charge >= 0.3 is 0 Å². The number of aromatic nitrogens is 2. The van der Waals surface area contributed by atoms with Crippen molar-refractivity contribution in [3.8, 4) is 0 Å². The first-order valence-corrected chi connectivity index (χ1v) is 8.91. The molecule has 1 aliphatic rings.